The van der Waals surface area contributed by atoms with E-state index >= 15 is 0 Å². The number of carboxylic acids is 1. The van der Waals surface area contributed by atoms with E-state index in [-0.39, 0.29) is 0 Å². The van der Waals surface area contributed by atoms with E-state index in [1.54, 1.807) is 23.1 Å². The number of fused-ring (bicyclic) bond motifs is 1. The first-order valence-electron chi connectivity index (χ1n) is 5.52. The van der Waals surface area contributed by atoms with Crippen LogP contribution in [0.4, 0.5) is 0 Å². The molecule has 19 heavy (non-hydrogen) atoms. The second-order valence-electron chi connectivity index (χ2n) is 3.82. The number of para-hydroxylation sites is 1. The molecular formula is C13H9NO2S3. The molecule has 96 valence electrons. The fourth-order valence-electron chi connectivity index (χ4n) is 1.69. The Morgan fingerprint density at radius 1 is 1.32 bits per heavy atom. The SMILES string of the molecule is O=C(O)c1sccc1CSc1nc2ccccc2s1. The van der Waals surface area contributed by atoms with Gasteiger partial charge >= 0.3 is 5.97 Å². The molecule has 3 nitrogen and oxygen atoms in total. The van der Waals surface area contributed by atoms with Crippen LogP contribution in [0.25, 0.3) is 10.2 Å². The summed E-state index contributed by atoms with van der Waals surface area (Å²) >= 11 is 4.50. The van der Waals surface area contributed by atoms with Crippen LogP contribution in [0.3, 0.4) is 0 Å². The van der Waals surface area contributed by atoms with Crippen molar-refractivity contribution in [3.05, 3.63) is 46.2 Å². The average molecular weight is 307 g/mol. The van der Waals surface area contributed by atoms with Crippen LogP contribution in [0, 0.1) is 0 Å². The molecule has 0 spiro atoms. The Hall–Kier alpha value is -1.37. The molecule has 0 radical (unpaired) electrons. The summed E-state index contributed by atoms with van der Waals surface area (Å²) in [4.78, 5) is 16.0. The van der Waals surface area contributed by atoms with Crippen molar-refractivity contribution in [3.63, 3.8) is 0 Å². The number of nitrogens with zero attached hydrogens (tertiary/aromatic N) is 1. The van der Waals surface area contributed by atoms with Crippen LogP contribution in [-0.2, 0) is 5.75 Å². The average Bonchev–Trinajstić information content (AvgIpc) is 3.02. The topological polar surface area (TPSA) is 50.2 Å². The number of hydrogen-bond acceptors (Lipinski definition) is 5. The summed E-state index contributed by atoms with van der Waals surface area (Å²) in [6.45, 7) is 0. The van der Waals surface area contributed by atoms with E-state index in [1.807, 2.05) is 35.7 Å². The second kappa shape index (κ2) is 5.32. The molecule has 3 rings (SSSR count). The minimum absolute atomic E-state index is 0.425. The molecule has 0 fully saturated rings. The first-order chi connectivity index (χ1) is 9.24. The molecule has 1 aromatic carbocycles. The van der Waals surface area contributed by atoms with Gasteiger partial charge in [-0.2, -0.15) is 0 Å². The molecule has 0 saturated heterocycles. The number of carbonyl (C=O) groups is 1. The first-order valence-corrected chi connectivity index (χ1v) is 8.20. The summed E-state index contributed by atoms with van der Waals surface area (Å²) in [6, 6.07) is 9.87. The van der Waals surface area contributed by atoms with E-state index in [0.29, 0.717) is 10.6 Å². The number of carboxylic acid groups (broad SMARTS) is 1. The van der Waals surface area contributed by atoms with Gasteiger partial charge in [-0.15, -0.1) is 22.7 Å². The monoisotopic (exact) mass is 307 g/mol. The predicted molar refractivity (Wildman–Crippen MR) is 80.5 cm³/mol. The number of rotatable bonds is 4. The molecule has 0 amide bonds. The van der Waals surface area contributed by atoms with Crippen molar-refractivity contribution in [1.29, 1.82) is 0 Å². The lowest BCUT2D eigenvalue weighted by Crippen LogP contribution is -1.95. The van der Waals surface area contributed by atoms with Gasteiger partial charge in [0.05, 0.1) is 10.2 Å². The number of thiophene rings is 1. The van der Waals surface area contributed by atoms with Crippen molar-refractivity contribution in [1.82, 2.24) is 4.98 Å². The van der Waals surface area contributed by atoms with E-state index in [4.69, 9.17) is 5.11 Å². The maximum atomic E-state index is 11.0. The fourth-order valence-corrected chi connectivity index (χ4v) is 4.60. The van der Waals surface area contributed by atoms with E-state index < -0.39 is 5.97 Å². The lowest BCUT2D eigenvalue weighted by molar-refractivity contribution is 0.0701. The van der Waals surface area contributed by atoms with Crippen molar-refractivity contribution >= 4 is 50.6 Å². The fraction of sp³-hybridized carbons (Fsp3) is 0.0769. The first kappa shape index (κ1) is 12.7. The summed E-state index contributed by atoms with van der Waals surface area (Å²) in [5, 5.41) is 10.9. The van der Waals surface area contributed by atoms with Crippen LogP contribution in [-0.4, -0.2) is 16.1 Å². The number of hydrogen-bond donors (Lipinski definition) is 1. The van der Waals surface area contributed by atoms with Crippen LogP contribution in [0.2, 0.25) is 0 Å². The number of aromatic carboxylic acids is 1. The smallest absolute Gasteiger partial charge is 0.346 e. The normalized spacial score (nSPS) is 10.9. The molecule has 3 aromatic rings. The zero-order valence-corrected chi connectivity index (χ0v) is 12.1. The summed E-state index contributed by atoms with van der Waals surface area (Å²) in [5.74, 6) is -0.208. The molecule has 0 bridgehead atoms. The molecular weight excluding hydrogens is 298 g/mol. The van der Waals surface area contributed by atoms with Crippen molar-refractivity contribution in [2.24, 2.45) is 0 Å². The highest BCUT2D eigenvalue weighted by Crippen LogP contribution is 2.32. The lowest BCUT2D eigenvalue weighted by atomic mass is 10.3. The summed E-state index contributed by atoms with van der Waals surface area (Å²) < 4.78 is 2.14. The number of benzene rings is 1. The van der Waals surface area contributed by atoms with Crippen molar-refractivity contribution in [3.8, 4) is 0 Å². The highest BCUT2D eigenvalue weighted by Gasteiger charge is 2.12. The molecule has 2 heterocycles. The molecule has 1 N–H and O–H groups in total. The second-order valence-corrected chi connectivity index (χ2v) is 6.99. The van der Waals surface area contributed by atoms with Gasteiger partial charge in [-0.05, 0) is 29.1 Å². The number of aromatic nitrogens is 1. The number of thioether (sulfide) groups is 1. The third-order valence-electron chi connectivity index (χ3n) is 2.57. The number of thiazole rings is 1. The maximum Gasteiger partial charge on any atom is 0.346 e. The van der Waals surface area contributed by atoms with Crippen molar-refractivity contribution in [2.45, 2.75) is 10.1 Å². The quantitative estimate of drug-likeness (QED) is 0.728. The van der Waals surface area contributed by atoms with Gasteiger partial charge in [-0.25, -0.2) is 9.78 Å². The van der Waals surface area contributed by atoms with Crippen LogP contribution >= 0.6 is 34.4 Å². The highest BCUT2D eigenvalue weighted by molar-refractivity contribution is 8.00. The van der Waals surface area contributed by atoms with E-state index in [1.165, 1.54) is 11.3 Å². The Morgan fingerprint density at radius 3 is 2.95 bits per heavy atom. The van der Waals surface area contributed by atoms with Crippen LogP contribution in [0.15, 0.2) is 40.1 Å². The largest absolute Gasteiger partial charge is 0.477 e. The zero-order valence-electron chi connectivity index (χ0n) is 9.70. The molecule has 0 atom stereocenters. The van der Waals surface area contributed by atoms with Gasteiger partial charge in [0.1, 0.15) is 4.88 Å². The predicted octanol–water partition coefficient (Wildman–Crippen LogP) is 4.35. The zero-order chi connectivity index (χ0) is 13.2. The summed E-state index contributed by atoms with van der Waals surface area (Å²) in [5.41, 5.74) is 1.86. The molecule has 0 aliphatic rings. The Kier molecular flexibility index (Phi) is 3.54. The van der Waals surface area contributed by atoms with Crippen LogP contribution < -0.4 is 0 Å². The van der Waals surface area contributed by atoms with Gasteiger partial charge in [0.15, 0.2) is 4.34 Å². The van der Waals surface area contributed by atoms with Crippen molar-refractivity contribution < 1.29 is 9.90 Å². The molecule has 2 aromatic heterocycles. The molecule has 6 heteroatoms. The Balaban J connectivity index is 1.78. The summed E-state index contributed by atoms with van der Waals surface area (Å²) in [7, 11) is 0. The van der Waals surface area contributed by atoms with Gasteiger partial charge in [0.25, 0.3) is 0 Å². The maximum absolute atomic E-state index is 11.0. The van der Waals surface area contributed by atoms with Gasteiger partial charge in [-0.3, -0.25) is 0 Å². The third kappa shape index (κ3) is 2.65. The highest BCUT2D eigenvalue weighted by atomic mass is 32.2. The van der Waals surface area contributed by atoms with E-state index in [0.717, 1.165) is 20.1 Å². The lowest BCUT2D eigenvalue weighted by Gasteiger charge is -1.97. The van der Waals surface area contributed by atoms with Crippen LogP contribution in [0.5, 0.6) is 0 Å². The third-order valence-corrected chi connectivity index (χ3v) is 5.74. The Labute approximate surface area is 121 Å². The standard InChI is InChI=1S/C13H9NO2S3/c15-12(16)11-8(5-6-17-11)7-18-13-14-9-3-1-2-4-10(9)19-13/h1-6H,7H2,(H,15,16). The molecule has 0 aliphatic heterocycles. The molecule has 0 saturated carbocycles. The van der Waals surface area contributed by atoms with Gasteiger partial charge in [0.2, 0.25) is 0 Å². The summed E-state index contributed by atoms with van der Waals surface area (Å²) in [6.07, 6.45) is 0. The van der Waals surface area contributed by atoms with Crippen LogP contribution in [0.1, 0.15) is 15.2 Å². The minimum atomic E-state index is -0.852. The Morgan fingerprint density at radius 2 is 2.16 bits per heavy atom. The minimum Gasteiger partial charge on any atom is -0.477 e. The molecule has 0 aliphatic carbocycles. The van der Waals surface area contributed by atoms with E-state index in [9.17, 15) is 4.79 Å². The van der Waals surface area contributed by atoms with Gasteiger partial charge < -0.3 is 5.11 Å². The Bertz CT molecular complexity index is 699. The van der Waals surface area contributed by atoms with Crippen molar-refractivity contribution in [2.75, 3.05) is 0 Å². The molecule has 0 unspecified atom stereocenters. The van der Waals surface area contributed by atoms with E-state index in [2.05, 4.69) is 4.98 Å². The van der Waals surface area contributed by atoms with Gasteiger partial charge in [0, 0.05) is 5.75 Å². The van der Waals surface area contributed by atoms with Gasteiger partial charge in [-0.1, -0.05) is 23.9 Å².